The third-order valence-electron chi connectivity index (χ3n) is 6.14. The number of amides is 2. The molecule has 0 bridgehead atoms. The minimum atomic E-state index is -0.813. The maximum Gasteiger partial charge on any atom is 0.249 e. The lowest BCUT2D eigenvalue weighted by molar-refractivity contribution is -0.126. The van der Waals surface area contributed by atoms with Crippen LogP contribution in [0.15, 0.2) is 83.8 Å². The van der Waals surface area contributed by atoms with Crippen molar-refractivity contribution < 1.29 is 14.3 Å². The highest BCUT2D eigenvalue weighted by atomic mass is 32.2. The molecule has 0 fully saturated rings. The number of carbonyl (C=O) groups excluding carboxylic acids is 2. The predicted octanol–water partition coefficient (Wildman–Crippen LogP) is 4.68. The molecule has 6 nitrogen and oxygen atoms in total. The third kappa shape index (κ3) is 3.92. The maximum absolute atomic E-state index is 13.8. The number of nitrogens with one attached hydrogen (secondary N) is 1. The average molecular weight is 472 g/mol. The van der Waals surface area contributed by atoms with Crippen LogP contribution in [0.4, 0.5) is 5.69 Å². The number of carbonyl (C=O) groups is 2. The second-order valence-corrected chi connectivity index (χ2v) is 9.13. The summed E-state index contributed by atoms with van der Waals surface area (Å²) in [6.07, 6.45) is 0. The van der Waals surface area contributed by atoms with Gasteiger partial charge >= 0.3 is 0 Å². The highest BCUT2D eigenvalue weighted by molar-refractivity contribution is 8.00. The van der Waals surface area contributed by atoms with E-state index in [-0.39, 0.29) is 17.6 Å². The quantitative estimate of drug-likeness (QED) is 0.459. The van der Waals surface area contributed by atoms with Crippen LogP contribution in [-0.2, 0) is 23.2 Å². The SMILES string of the molecule is COc1ccc(N2C(=O)CSc3c(n(C)c4ccccc34)[C@@H]2C(=O)NCc2ccccc2)cc1. The highest BCUT2D eigenvalue weighted by Crippen LogP contribution is 2.43. The summed E-state index contributed by atoms with van der Waals surface area (Å²) in [6.45, 7) is 0.382. The van der Waals surface area contributed by atoms with E-state index in [9.17, 15) is 9.59 Å². The van der Waals surface area contributed by atoms with Crippen LogP contribution < -0.4 is 15.0 Å². The van der Waals surface area contributed by atoms with Crippen LogP contribution in [0.2, 0.25) is 0 Å². The van der Waals surface area contributed by atoms with E-state index >= 15 is 0 Å². The molecule has 7 heteroatoms. The number of aryl methyl sites for hydroxylation is 1. The Morgan fingerprint density at radius 3 is 2.47 bits per heavy atom. The number of nitrogens with zero attached hydrogens (tertiary/aromatic N) is 2. The van der Waals surface area contributed by atoms with Crippen LogP contribution in [0.5, 0.6) is 5.75 Å². The number of aromatic nitrogens is 1. The number of rotatable bonds is 5. The molecule has 0 saturated carbocycles. The number of anilines is 1. The van der Waals surface area contributed by atoms with Crippen molar-refractivity contribution >= 4 is 40.2 Å². The van der Waals surface area contributed by atoms with E-state index in [1.165, 1.54) is 11.8 Å². The van der Waals surface area contributed by atoms with Crippen LogP contribution in [0.1, 0.15) is 17.3 Å². The number of hydrogen-bond acceptors (Lipinski definition) is 4. The molecule has 2 heterocycles. The van der Waals surface area contributed by atoms with E-state index in [1.807, 2.05) is 90.5 Å². The summed E-state index contributed by atoms with van der Waals surface area (Å²) in [5.74, 6) is 0.601. The average Bonchev–Trinajstić information content (AvgIpc) is 3.05. The molecule has 0 aliphatic carbocycles. The summed E-state index contributed by atoms with van der Waals surface area (Å²) in [4.78, 5) is 29.9. The van der Waals surface area contributed by atoms with Crippen LogP contribution in [0, 0.1) is 0 Å². The van der Waals surface area contributed by atoms with E-state index in [4.69, 9.17) is 4.74 Å². The van der Waals surface area contributed by atoms with Gasteiger partial charge in [0.1, 0.15) is 5.75 Å². The monoisotopic (exact) mass is 471 g/mol. The van der Waals surface area contributed by atoms with Crippen molar-refractivity contribution in [1.82, 2.24) is 9.88 Å². The zero-order chi connectivity index (χ0) is 23.7. The minimum Gasteiger partial charge on any atom is -0.497 e. The molecule has 4 aromatic rings. The summed E-state index contributed by atoms with van der Waals surface area (Å²) in [7, 11) is 3.56. The normalized spacial score (nSPS) is 15.6. The van der Waals surface area contributed by atoms with E-state index in [0.29, 0.717) is 18.0 Å². The summed E-state index contributed by atoms with van der Waals surface area (Å²) in [6, 6.07) is 24.3. The van der Waals surface area contributed by atoms with Crippen LogP contribution >= 0.6 is 11.8 Å². The number of para-hydroxylation sites is 1. The van der Waals surface area contributed by atoms with Crippen molar-refractivity contribution in [3.05, 3.63) is 90.1 Å². The van der Waals surface area contributed by atoms with Gasteiger partial charge in [-0.25, -0.2) is 0 Å². The maximum atomic E-state index is 13.8. The molecule has 1 aliphatic rings. The molecular formula is C27H25N3O3S. The molecule has 5 rings (SSSR count). The van der Waals surface area contributed by atoms with Gasteiger partial charge in [0, 0.05) is 35.1 Å². The Morgan fingerprint density at radius 2 is 1.74 bits per heavy atom. The van der Waals surface area contributed by atoms with Gasteiger partial charge in [-0.2, -0.15) is 0 Å². The second-order valence-electron chi connectivity index (χ2n) is 8.15. The zero-order valence-corrected chi connectivity index (χ0v) is 19.8. The molecule has 1 aromatic heterocycles. The largest absolute Gasteiger partial charge is 0.497 e. The van der Waals surface area contributed by atoms with Gasteiger partial charge in [-0.3, -0.25) is 14.5 Å². The Kier molecular flexibility index (Phi) is 6.02. The van der Waals surface area contributed by atoms with Crippen molar-refractivity contribution in [1.29, 1.82) is 0 Å². The van der Waals surface area contributed by atoms with Crippen molar-refractivity contribution in [2.24, 2.45) is 7.05 Å². The lowest BCUT2D eigenvalue weighted by atomic mass is 10.1. The molecule has 3 aromatic carbocycles. The Labute approximate surface area is 202 Å². The zero-order valence-electron chi connectivity index (χ0n) is 19.0. The molecule has 172 valence electrons. The van der Waals surface area contributed by atoms with Crippen molar-refractivity contribution in [2.45, 2.75) is 17.5 Å². The molecule has 1 N–H and O–H groups in total. The fraction of sp³-hybridized carbons (Fsp3) is 0.185. The van der Waals surface area contributed by atoms with Crippen molar-refractivity contribution in [2.75, 3.05) is 17.8 Å². The van der Waals surface area contributed by atoms with Crippen molar-refractivity contribution in [3.63, 3.8) is 0 Å². The van der Waals surface area contributed by atoms with Crippen LogP contribution in [0.25, 0.3) is 10.9 Å². The van der Waals surface area contributed by atoms with E-state index in [2.05, 4.69) is 5.32 Å². The van der Waals surface area contributed by atoms with E-state index in [1.54, 1.807) is 12.0 Å². The number of methoxy groups -OCH3 is 1. The molecular weight excluding hydrogens is 446 g/mol. The molecule has 0 radical (unpaired) electrons. The summed E-state index contributed by atoms with van der Waals surface area (Å²) >= 11 is 1.49. The summed E-state index contributed by atoms with van der Waals surface area (Å²) in [5.41, 5.74) is 3.51. The Balaban J connectivity index is 1.63. The summed E-state index contributed by atoms with van der Waals surface area (Å²) in [5, 5.41) is 4.12. The first-order chi connectivity index (χ1) is 16.6. The van der Waals surface area contributed by atoms with Gasteiger partial charge in [0.05, 0.1) is 18.6 Å². The van der Waals surface area contributed by atoms with Gasteiger partial charge in [0.25, 0.3) is 0 Å². The predicted molar refractivity (Wildman–Crippen MR) is 135 cm³/mol. The minimum absolute atomic E-state index is 0.115. The number of fused-ring (bicyclic) bond motifs is 3. The molecule has 0 saturated heterocycles. The van der Waals surface area contributed by atoms with E-state index < -0.39 is 6.04 Å². The van der Waals surface area contributed by atoms with Crippen LogP contribution in [0.3, 0.4) is 0 Å². The molecule has 0 unspecified atom stereocenters. The number of hydrogen-bond donors (Lipinski definition) is 1. The van der Waals surface area contributed by atoms with Gasteiger partial charge in [0.2, 0.25) is 11.8 Å². The van der Waals surface area contributed by atoms with Gasteiger partial charge in [-0.05, 0) is 35.9 Å². The number of ether oxygens (including phenoxy) is 1. The molecule has 2 amide bonds. The summed E-state index contributed by atoms with van der Waals surface area (Å²) < 4.78 is 7.34. The Bertz CT molecular complexity index is 1350. The fourth-order valence-corrected chi connectivity index (χ4v) is 5.60. The lowest BCUT2D eigenvalue weighted by Crippen LogP contribution is -2.44. The topological polar surface area (TPSA) is 63.6 Å². The number of thioether (sulfide) groups is 1. The second kappa shape index (κ2) is 9.27. The first-order valence-corrected chi connectivity index (χ1v) is 12.0. The molecule has 34 heavy (non-hydrogen) atoms. The standard InChI is InChI=1S/C27H25N3O3S/c1-29-22-11-7-6-10-21(22)26-24(29)25(27(32)28-16-18-8-4-3-5-9-18)30(23(31)17-34-26)19-12-14-20(33-2)15-13-19/h3-15,25H,16-17H2,1-2H3,(H,28,32)/t25-/m1/s1. The smallest absolute Gasteiger partial charge is 0.249 e. The first kappa shape index (κ1) is 22.1. The number of benzene rings is 3. The van der Waals surface area contributed by atoms with Gasteiger partial charge in [-0.1, -0.05) is 48.5 Å². The Hall–Kier alpha value is -3.71. The van der Waals surface area contributed by atoms with Crippen molar-refractivity contribution in [3.8, 4) is 5.75 Å². The van der Waals surface area contributed by atoms with Gasteiger partial charge in [0.15, 0.2) is 6.04 Å². The Morgan fingerprint density at radius 1 is 1.03 bits per heavy atom. The van der Waals surface area contributed by atoms with Gasteiger partial charge < -0.3 is 14.6 Å². The van der Waals surface area contributed by atoms with E-state index in [0.717, 1.165) is 27.1 Å². The third-order valence-corrected chi connectivity index (χ3v) is 7.25. The first-order valence-electron chi connectivity index (χ1n) is 11.1. The highest BCUT2D eigenvalue weighted by Gasteiger charge is 2.39. The van der Waals surface area contributed by atoms with Gasteiger partial charge in [-0.15, -0.1) is 11.8 Å². The van der Waals surface area contributed by atoms with Crippen LogP contribution in [-0.4, -0.2) is 29.2 Å². The fourth-order valence-electron chi connectivity index (χ4n) is 4.47. The lowest BCUT2D eigenvalue weighted by Gasteiger charge is -2.30. The molecule has 1 aliphatic heterocycles. The molecule has 0 spiro atoms. The molecule has 1 atom stereocenters.